The van der Waals surface area contributed by atoms with E-state index in [0.717, 1.165) is 19.0 Å². The zero-order valence-corrected chi connectivity index (χ0v) is 10.7. The Morgan fingerprint density at radius 2 is 2.31 bits per heavy atom. The summed E-state index contributed by atoms with van der Waals surface area (Å²) in [5.74, 6) is 0.955. The van der Waals surface area contributed by atoms with Crippen molar-refractivity contribution in [1.29, 1.82) is 0 Å². The van der Waals surface area contributed by atoms with E-state index in [4.69, 9.17) is 0 Å². The van der Waals surface area contributed by atoms with Crippen molar-refractivity contribution in [1.82, 2.24) is 10.6 Å². The number of guanidine groups is 1. The predicted octanol–water partition coefficient (Wildman–Crippen LogP) is 2.27. The first kappa shape index (κ1) is 11.5. The number of thiophene rings is 1. The van der Waals surface area contributed by atoms with Crippen LogP contribution in [0.25, 0.3) is 0 Å². The Labute approximate surface area is 101 Å². The molecule has 1 aromatic heterocycles. The zero-order chi connectivity index (χ0) is 11.4. The van der Waals surface area contributed by atoms with Gasteiger partial charge in [0.2, 0.25) is 0 Å². The highest BCUT2D eigenvalue weighted by Crippen LogP contribution is 2.19. The van der Waals surface area contributed by atoms with E-state index in [1.165, 1.54) is 22.6 Å². The van der Waals surface area contributed by atoms with Crippen LogP contribution in [0.5, 0.6) is 0 Å². The SMILES string of the molecule is CCNC(=NCc1ccc(C)s1)NC1CC1. The van der Waals surface area contributed by atoms with Crippen LogP contribution in [-0.4, -0.2) is 18.5 Å². The fourth-order valence-corrected chi connectivity index (χ4v) is 2.28. The van der Waals surface area contributed by atoms with Crippen molar-refractivity contribution in [2.24, 2.45) is 4.99 Å². The molecule has 0 radical (unpaired) electrons. The molecule has 0 amide bonds. The van der Waals surface area contributed by atoms with Gasteiger partial charge in [-0.15, -0.1) is 11.3 Å². The molecule has 88 valence electrons. The topological polar surface area (TPSA) is 36.4 Å². The Morgan fingerprint density at radius 3 is 2.88 bits per heavy atom. The van der Waals surface area contributed by atoms with Gasteiger partial charge < -0.3 is 10.6 Å². The summed E-state index contributed by atoms with van der Waals surface area (Å²) in [7, 11) is 0. The van der Waals surface area contributed by atoms with Gasteiger partial charge in [0.25, 0.3) is 0 Å². The van der Waals surface area contributed by atoms with Gasteiger partial charge in [0.15, 0.2) is 5.96 Å². The fourth-order valence-electron chi connectivity index (χ4n) is 1.47. The van der Waals surface area contributed by atoms with Crippen LogP contribution < -0.4 is 10.6 Å². The molecule has 0 atom stereocenters. The quantitative estimate of drug-likeness (QED) is 0.622. The molecular formula is C12H19N3S. The largest absolute Gasteiger partial charge is 0.357 e. The molecule has 0 unspecified atom stereocenters. The Balaban J connectivity index is 1.90. The van der Waals surface area contributed by atoms with E-state index in [2.05, 4.69) is 41.6 Å². The van der Waals surface area contributed by atoms with Gasteiger partial charge in [-0.3, -0.25) is 0 Å². The molecule has 1 heterocycles. The summed E-state index contributed by atoms with van der Waals surface area (Å²) in [5, 5.41) is 6.69. The molecule has 16 heavy (non-hydrogen) atoms. The standard InChI is InChI=1S/C12H19N3S/c1-3-13-12(15-10-5-6-10)14-8-11-7-4-9(2)16-11/h4,7,10H,3,5-6,8H2,1-2H3,(H2,13,14,15). The minimum Gasteiger partial charge on any atom is -0.357 e. The van der Waals surface area contributed by atoms with Crippen molar-refractivity contribution in [3.63, 3.8) is 0 Å². The van der Waals surface area contributed by atoms with E-state index in [9.17, 15) is 0 Å². The molecule has 1 aromatic rings. The van der Waals surface area contributed by atoms with Crippen molar-refractivity contribution in [3.8, 4) is 0 Å². The van der Waals surface area contributed by atoms with Crippen molar-refractivity contribution >= 4 is 17.3 Å². The van der Waals surface area contributed by atoms with Gasteiger partial charge in [-0.05, 0) is 38.8 Å². The van der Waals surface area contributed by atoms with E-state index >= 15 is 0 Å². The molecule has 0 spiro atoms. The number of nitrogens with zero attached hydrogens (tertiary/aromatic N) is 1. The average molecular weight is 237 g/mol. The maximum atomic E-state index is 4.58. The van der Waals surface area contributed by atoms with E-state index in [1.54, 1.807) is 0 Å². The van der Waals surface area contributed by atoms with Crippen LogP contribution in [-0.2, 0) is 6.54 Å². The smallest absolute Gasteiger partial charge is 0.191 e. The predicted molar refractivity (Wildman–Crippen MR) is 70.0 cm³/mol. The van der Waals surface area contributed by atoms with Gasteiger partial charge in [0, 0.05) is 22.3 Å². The number of hydrogen-bond acceptors (Lipinski definition) is 2. The summed E-state index contributed by atoms with van der Waals surface area (Å²) in [6.07, 6.45) is 2.56. The number of rotatable bonds is 4. The molecule has 1 fully saturated rings. The van der Waals surface area contributed by atoms with E-state index in [1.807, 2.05) is 11.3 Å². The fraction of sp³-hybridized carbons (Fsp3) is 0.583. The number of aliphatic imine (C=N–C) groups is 1. The minimum atomic E-state index is 0.655. The van der Waals surface area contributed by atoms with Crippen molar-refractivity contribution in [2.75, 3.05) is 6.54 Å². The van der Waals surface area contributed by atoms with Crippen molar-refractivity contribution < 1.29 is 0 Å². The first-order chi connectivity index (χ1) is 7.78. The zero-order valence-electron chi connectivity index (χ0n) is 9.92. The summed E-state index contributed by atoms with van der Waals surface area (Å²) in [6, 6.07) is 4.96. The van der Waals surface area contributed by atoms with Crippen LogP contribution in [0, 0.1) is 6.92 Å². The van der Waals surface area contributed by atoms with Gasteiger partial charge in [0.1, 0.15) is 0 Å². The first-order valence-electron chi connectivity index (χ1n) is 5.88. The first-order valence-corrected chi connectivity index (χ1v) is 6.69. The third-order valence-electron chi connectivity index (χ3n) is 2.45. The summed E-state index contributed by atoms with van der Waals surface area (Å²) < 4.78 is 0. The summed E-state index contributed by atoms with van der Waals surface area (Å²) in [6.45, 7) is 5.92. The molecule has 4 heteroatoms. The van der Waals surface area contributed by atoms with Crippen LogP contribution in [0.1, 0.15) is 29.5 Å². The van der Waals surface area contributed by atoms with Crippen LogP contribution >= 0.6 is 11.3 Å². The van der Waals surface area contributed by atoms with Crippen LogP contribution in [0.3, 0.4) is 0 Å². The molecule has 0 aliphatic heterocycles. The molecular weight excluding hydrogens is 218 g/mol. The van der Waals surface area contributed by atoms with Crippen LogP contribution in [0.4, 0.5) is 0 Å². The number of hydrogen-bond donors (Lipinski definition) is 2. The summed E-state index contributed by atoms with van der Waals surface area (Å²) in [5.41, 5.74) is 0. The second kappa shape index (κ2) is 5.34. The lowest BCUT2D eigenvalue weighted by Gasteiger charge is -2.09. The third kappa shape index (κ3) is 3.52. The molecule has 2 rings (SSSR count). The Bertz CT molecular complexity index is 366. The Hall–Kier alpha value is -1.03. The number of nitrogens with one attached hydrogen (secondary N) is 2. The maximum absolute atomic E-state index is 4.58. The molecule has 3 nitrogen and oxygen atoms in total. The highest BCUT2D eigenvalue weighted by atomic mass is 32.1. The normalized spacial score (nSPS) is 16.2. The monoisotopic (exact) mass is 237 g/mol. The second-order valence-corrected chi connectivity index (χ2v) is 5.50. The minimum absolute atomic E-state index is 0.655. The molecule has 2 N–H and O–H groups in total. The summed E-state index contributed by atoms with van der Waals surface area (Å²) >= 11 is 1.82. The van der Waals surface area contributed by atoms with Gasteiger partial charge in [-0.1, -0.05) is 0 Å². The second-order valence-electron chi connectivity index (χ2n) is 4.13. The molecule has 0 saturated heterocycles. The molecule has 1 saturated carbocycles. The molecule has 1 aliphatic carbocycles. The molecule has 1 aliphatic rings. The van der Waals surface area contributed by atoms with Crippen LogP contribution in [0.15, 0.2) is 17.1 Å². The van der Waals surface area contributed by atoms with Crippen LogP contribution in [0.2, 0.25) is 0 Å². The van der Waals surface area contributed by atoms with E-state index in [-0.39, 0.29) is 0 Å². The Morgan fingerprint density at radius 1 is 1.50 bits per heavy atom. The van der Waals surface area contributed by atoms with Crippen molar-refractivity contribution in [3.05, 3.63) is 21.9 Å². The molecule has 0 bridgehead atoms. The lowest BCUT2D eigenvalue weighted by Crippen LogP contribution is -2.38. The Kier molecular flexibility index (Phi) is 3.83. The summed E-state index contributed by atoms with van der Waals surface area (Å²) in [4.78, 5) is 7.26. The van der Waals surface area contributed by atoms with Gasteiger partial charge in [0.05, 0.1) is 6.54 Å². The maximum Gasteiger partial charge on any atom is 0.191 e. The lowest BCUT2D eigenvalue weighted by molar-refractivity contribution is 0.813. The highest BCUT2D eigenvalue weighted by Gasteiger charge is 2.21. The molecule has 0 aromatic carbocycles. The van der Waals surface area contributed by atoms with Crippen molar-refractivity contribution in [2.45, 2.75) is 39.3 Å². The highest BCUT2D eigenvalue weighted by molar-refractivity contribution is 7.11. The van der Waals surface area contributed by atoms with Gasteiger partial charge in [-0.25, -0.2) is 4.99 Å². The van der Waals surface area contributed by atoms with Gasteiger partial charge in [-0.2, -0.15) is 0 Å². The van der Waals surface area contributed by atoms with E-state index < -0.39 is 0 Å². The number of aryl methyl sites for hydroxylation is 1. The average Bonchev–Trinajstić information content (AvgIpc) is 2.97. The van der Waals surface area contributed by atoms with E-state index in [0.29, 0.717) is 6.04 Å². The van der Waals surface area contributed by atoms with Gasteiger partial charge >= 0.3 is 0 Å². The third-order valence-corrected chi connectivity index (χ3v) is 3.44. The lowest BCUT2D eigenvalue weighted by atomic mass is 10.4.